The highest BCUT2D eigenvalue weighted by atomic mass is 32.1. The van der Waals surface area contributed by atoms with Crippen molar-refractivity contribution < 1.29 is 9.18 Å². The molecule has 3 nitrogen and oxygen atoms in total. The third kappa shape index (κ3) is 4.39. The van der Waals surface area contributed by atoms with Gasteiger partial charge in [-0.2, -0.15) is 0 Å². The number of rotatable bonds is 4. The SMILES string of the molecule is Cc1ccc(-c2nc(NC(=O)/C=C/c3ccc(F)cc3)sc2C)cc1. The Morgan fingerprint density at radius 3 is 2.44 bits per heavy atom. The summed E-state index contributed by atoms with van der Waals surface area (Å²) in [5.41, 5.74) is 3.85. The molecule has 5 heteroatoms. The number of aromatic nitrogens is 1. The summed E-state index contributed by atoms with van der Waals surface area (Å²) in [6.45, 7) is 4.02. The summed E-state index contributed by atoms with van der Waals surface area (Å²) in [6.07, 6.45) is 3.05. The number of aryl methyl sites for hydroxylation is 2. The molecule has 0 radical (unpaired) electrons. The zero-order valence-electron chi connectivity index (χ0n) is 13.9. The first kappa shape index (κ1) is 17.0. The van der Waals surface area contributed by atoms with Gasteiger partial charge in [0.05, 0.1) is 5.69 Å². The van der Waals surface area contributed by atoms with Crippen molar-refractivity contribution in [2.45, 2.75) is 13.8 Å². The van der Waals surface area contributed by atoms with Crippen LogP contribution >= 0.6 is 11.3 Å². The summed E-state index contributed by atoms with van der Waals surface area (Å²) in [7, 11) is 0. The van der Waals surface area contributed by atoms with Crippen molar-refractivity contribution in [3.8, 4) is 11.3 Å². The van der Waals surface area contributed by atoms with Crippen LogP contribution in [0, 0.1) is 19.7 Å². The fraction of sp³-hybridized carbons (Fsp3) is 0.100. The van der Waals surface area contributed by atoms with E-state index in [1.807, 2.05) is 38.1 Å². The zero-order chi connectivity index (χ0) is 17.8. The third-order valence-corrected chi connectivity index (χ3v) is 4.54. The van der Waals surface area contributed by atoms with Gasteiger partial charge < -0.3 is 0 Å². The number of hydrogen-bond acceptors (Lipinski definition) is 3. The van der Waals surface area contributed by atoms with E-state index < -0.39 is 0 Å². The van der Waals surface area contributed by atoms with Crippen LogP contribution in [-0.2, 0) is 4.79 Å². The van der Waals surface area contributed by atoms with Gasteiger partial charge in [0, 0.05) is 16.5 Å². The number of halogens is 1. The van der Waals surface area contributed by atoms with E-state index in [1.54, 1.807) is 18.2 Å². The molecule has 0 atom stereocenters. The standard InChI is InChI=1S/C20H17FN2OS/c1-13-3-8-16(9-4-13)19-14(2)25-20(23-19)22-18(24)12-7-15-5-10-17(21)11-6-15/h3-12H,1-2H3,(H,22,23,24)/b12-7+. The van der Waals surface area contributed by atoms with Crippen LogP contribution in [0.25, 0.3) is 17.3 Å². The molecule has 0 aliphatic carbocycles. The number of thiazole rings is 1. The van der Waals surface area contributed by atoms with Gasteiger partial charge >= 0.3 is 0 Å². The Balaban J connectivity index is 1.70. The summed E-state index contributed by atoms with van der Waals surface area (Å²) in [5.74, 6) is -0.572. The predicted octanol–water partition coefficient (Wildman–Crippen LogP) is 5.22. The molecule has 126 valence electrons. The molecule has 1 aromatic heterocycles. The maximum atomic E-state index is 12.9. The molecule has 25 heavy (non-hydrogen) atoms. The molecule has 0 saturated carbocycles. The Hall–Kier alpha value is -2.79. The minimum atomic E-state index is -0.302. The van der Waals surface area contributed by atoms with Crippen LogP contribution in [0.2, 0.25) is 0 Å². The van der Waals surface area contributed by atoms with Gasteiger partial charge in [0.15, 0.2) is 5.13 Å². The first-order valence-corrected chi connectivity index (χ1v) is 8.62. The minimum absolute atomic E-state index is 0.270. The monoisotopic (exact) mass is 352 g/mol. The predicted molar refractivity (Wildman–Crippen MR) is 101 cm³/mol. The number of anilines is 1. The Bertz CT molecular complexity index is 912. The van der Waals surface area contributed by atoms with Crippen LogP contribution in [0.4, 0.5) is 9.52 Å². The molecular weight excluding hydrogens is 335 g/mol. The second-order valence-electron chi connectivity index (χ2n) is 5.66. The van der Waals surface area contributed by atoms with Gasteiger partial charge in [-0.25, -0.2) is 9.37 Å². The van der Waals surface area contributed by atoms with E-state index in [0.717, 1.165) is 21.7 Å². The van der Waals surface area contributed by atoms with Crippen molar-refractivity contribution in [1.29, 1.82) is 0 Å². The van der Waals surface area contributed by atoms with E-state index in [9.17, 15) is 9.18 Å². The fourth-order valence-electron chi connectivity index (χ4n) is 2.32. The molecule has 3 aromatic rings. The van der Waals surface area contributed by atoms with Crippen molar-refractivity contribution >= 4 is 28.5 Å². The number of nitrogens with one attached hydrogen (secondary N) is 1. The molecule has 2 aromatic carbocycles. The zero-order valence-corrected chi connectivity index (χ0v) is 14.7. The summed E-state index contributed by atoms with van der Waals surface area (Å²) in [6, 6.07) is 14.1. The molecule has 0 fully saturated rings. The molecule has 1 amide bonds. The highest BCUT2D eigenvalue weighted by Gasteiger charge is 2.11. The average molecular weight is 352 g/mol. The van der Waals surface area contributed by atoms with Crippen LogP contribution in [0.5, 0.6) is 0 Å². The summed E-state index contributed by atoms with van der Waals surface area (Å²) >= 11 is 1.44. The second-order valence-corrected chi connectivity index (χ2v) is 6.87. The molecule has 1 N–H and O–H groups in total. The van der Waals surface area contributed by atoms with E-state index in [-0.39, 0.29) is 11.7 Å². The first-order valence-electron chi connectivity index (χ1n) is 7.80. The van der Waals surface area contributed by atoms with Gasteiger partial charge in [-0.15, -0.1) is 11.3 Å². The quantitative estimate of drug-likeness (QED) is 0.654. The molecular formula is C20H17FN2OS. The van der Waals surface area contributed by atoms with Gasteiger partial charge in [-0.1, -0.05) is 42.0 Å². The molecule has 0 aliphatic heterocycles. The smallest absolute Gasteiger partial charge is 0.250 e. The number of carbonyl (C=O) groups excluding carboxylic acids is 1. The summed E-state index contributed by atoms with van der Waals surface area (Å²) in [4.78, 5) is 17.6. The molecule has 1 heterocycles. The number of carbonyl (C=O) groups is 1. The van der Waals surface area contributed by atoms with Gasteiger partial charge in [0.2, 0.25) is 5.91 Å². The third-order valence-electron chi connectivity index (χ3n) is 3.65. The summed E-state index contributed by atoms with van der Waals surface area (Å²) in [5, 5.41) is 3.33. The van der Waals surface area contributed by atoms with Crippen molar-refractivity contribution in [2.75, 3.05) is 5.32 Å². The number of hydrogen-bond donors (Lipinski definition) is 1. The Kier molecular flexibility index (Phi) is 5.05. The minimum Gasteiger partial charge on any atom is -0.298 e. The highest BCUT2D eigenvalue weighted by molar-refractivity contribution is 7.16. The van der Waals surface area contributed by atoms with E-state index in [1.165, 1.54) is 35.1 Å². The van der Waals surface area contributed by atoms with E-state index in [4.69, 9.17) is 0 Å². The van der Waals surface area contributed by atoms with Crippen LogP contribution in [0.1, 0.15) is 16.0 Å². The number of nitrogens with zero attached hydrogens (tertiary/aromatic N) is 1. The molecule has 0 aliphatic rings. The molecule has 0 saturated heterocycles. The number of benzene rings is 2. The topological polar surface area (TPSA) is 42.0 Å². The highest BCUT2D eigenvalue weighted by Crippen LogP contribution is 2.30. The van der Waals surface area contributed by atoms with Gasteiger partial charge in [0.25, 0.3) is 0 Å². The van der Waals surface area contributed by atoms with Crippen molar-refractivity contribution in [3.05, 3.63) is 76.4 Å². The molecule has 0 spiro atoms. The van der Waals surface area contributed by atoms with Gasteiger partial charge in [0.1, 0.15) is 5.82 Å². The molecule has 0 unspecified atom stereocenters. The van der Waals surface area contributed by atoms with Crippen LogP contribution < -0.4 is 5.32 Å². The lowest BCUT2D eigenvalue weighted by atomic mass is 10.1. The van der Waals surface area contributed by atoms with Gasteiger partial charge in [-0.3, -0.25) is 10.1 Å². The second kappa shape index (κ2) is 7.40. The maximum absolute atomic E-state index is 12.9. The Morgan fingerprint density at radius 2 is 1.76 bits per heavy atom. The van der Waals surface area contributed by atoms with E-state index in [2.05, 4.69) is 10.3 Å². The lowest BCUT2D eigenvalue weighted by Gasteiger charge is -1.99. The van der Waals surface area contributed by atoms with Crippen LogP contribution in [0.3, 0.4) is 0 Å². The van der Waals surface area contributed by atoms with Crippen LogP contribution in [-0.4, -0.2) is 10.9 Å². The van der Waals surface area contributed by atoms with Crippen molar-refractivity contribution in [1.82, 2.24) is 4.98 Å². The lowest BCUT2D eigenvalue weighted by Crippen LogP contribution is -2.07. The first-order chi connectivity index (χ1) is 12.0. The molecule has 0 bridgehead atoms. The van der Waals surface area contributed by atoms with Crippen molar-refractivity contribution in [2.24, 2.45) is 0 Å². The Morgan fingerprint density at radius 1 is 1.08 bits per heavy atom. The van der Waals surface area contributed by atoms with E-state index >= 15 is 0 Å². The van der Waals surface area contributed by atoms with Gasteiger partial charge in [-0.05, 0) is 37.6 Å². The van der Waals surface area contributed by atoms with Crippen LogP contribution in [0.15, 0.2) is 54.6 Å². The lowest BCUT2D eigenvalue weighted by molar-refractivity contribution is -0.111. The van der Waals surface area contributed by atoms with E-state index in [0.29, 0.717) is 5.13 Å². The van der Waals surface area contributed by atoms with Crippen molar-refractivity contribution in [3.63, 3.8) is 0 Å². The maximum Gasteiger partial charge on any atom is 0.250 e. The molecule has 3 rings (SSSR count). The fourth-order valence-corrected chi connectivity index (χ4v) is 3.16. The Labute approximate surface area is 149 Å². The summed E-state index contributed by atoms with van der Waals surface area (Å²) < 4.78 is 12.9. The normalized spacial score (nSPS) is 11.0. The number of amides is 1. The largest absolute Gasteiger partial charge is 0.298 e. The average Bonchev–Trinajstić information content (AvgIpc) is 2.95.